The van der Waals surface area contributed by atoms with E-state index in [0.29, 0.717) is 0 Å². The maximum atomic E-state index is 3.72. The Labute approximate surface area is 230 Å². The monoisotopic (exact) mass is 496 g/mol. The zero-order valence-corrected chi connectivity index (χ0v) is 23.2. The minimum atomic E-state index is 0. The fraction of sp³-hybridized carbons (Fsp3) is 0.235. The van der Waals surface area contributed by atoms with E-state index in [9.17, 15) is 0 Å². The number of aryl methyl sites for hydroxylation is 2. The molecular formula is C34H40Ti. The zero-order chi connectivity index (χ0) is 24.6. The molecule has 0 saturated heterocycles. The van der Waals surface area contributed by atoms with Crippen LogP contribution in [-0.2, 0) is 47.4 Å². The summed E-state index contributed by atoms with van der Waals surface area (Å²) in [5, 5.41) is 0. The molecule has 0 aromatic heterocycles. The zero-order valence-electron chi connectivity index (χ0n) is 21.6. The molecule has 0 spiro atoms. The first-order valence-electron chi connectivity index (χ1n) is 12.4. The first-order valence-corrected chi connectivity index (χ1v) is 12.4. The van der Waals surface area contributed by atoms with Crippen LogP contribution in [0.4, 0.5) is 0 Å². The van der Waals surface area contributed by atoms with Crippen molar-refractivity contribution < 1.29 is 21.7 Å². The van der Waals surface area contributed by atoms with Crippen LogP contribution in [0.1, 0.15) is 65.6 Å². The van der Waals surface area contributed by atoms with E-state index in [1.807, 2.05) is 91.0 Å². The summed E-state index contributed by atoms with van der Waals surface area (Å²) in [4.78, 5) is 0. The second kappa shape index (κ2) is 17.7. The fourth-order valence-corrected chi connectivity index (χ4v) is 4.11. The van der Waals surface area contributed by atoms with Crippen LogP contribution in [0.5, 0.6) is 0 Å². The molecule has 0 saturated carbocycles. The second-order valence-corrected chi connectivity index (χ2v) is 8.52. The van der Waals surface area contributed by atoms with E-state index < -0.39 is 0 Å². The third-order valence-electron chi connectivity index (χ3n) is 5.87. The molecule has 180 valence electrons. The molecule has 0 fully saturated rings. The van der Waals surface area contributed by atoms with Crippen molar-refractivity contribution in [3.8, 4) is 0 Å². The maximum Gasteiger partial charge on any atom is 4.00 e. The molecule has 0 amide bonds. The quantitative estimate of drug-likeness (QED) is 0.192. The normalized spacial score (nSPS) is 11.0. The standard InChI is InChI=1S/C13H19.3C7H7.Ti/c1-3-10-9-11-7-5-6-8-13(11)12(10)4-2;3*1-7-5-3-2-4-6-7;/h9H,3-8H2,1-2H3;3*2-6H,1H2;/q4*-1;+4. The van der Waals surface area contributed by atoms with Gasteiger partial charge in [-0.1, -0.05) is 70.6 Å². The number of hydrogen-bond donors (Lipinski definition) is 0. The first-order chi connectivity index (χ1) is 16.5. The molecule has 4 aromatic rings. The summed E-state index contributed by atoms with van der Waals surface area (Å²) in [5.74, 6) is 0. The predicted octanol–water partition coefficient (Wildman–Crippen LogP) is 9.01. The molecule has 0 atom stereocenters. The van der Waals surface area contributed by atoms with Crippen LogP contribution in [0.25, 0.3) is 0 Å². The molecule has 0 bridgehead atoms. The van der Waals surface area contributed by atoms with Gasteiger partial charge in [0.2, 0.25) is 0 Å². The van der Waals surface area contributed by atoms with Crippen LogP contribution < -0.4 is 0 Å². The van der Waals surface area contributed by atoms with E-state index in [0.717, 1.165) is 16.7 Å². The Bertz CT molecular complexity index is 931. The van der Waals surface area contributed by atoms with Crippen molar-refractivity contribution in [2.24, 2.45) is 0 Å². The topological polar surface area (TPSA) is 0 Å². The van der Waals surface area contributed by atoms with Gasteiger partial charge in [0, 0.05) is 0 Å². The summed E-state index contributed by atoms with van der Waals surface area (Å²) >= 11 is 0. The molecule has 0 radical (unpaired) electrons. The molecule has 1 aliphatic rings. The third-order valence-corrected chi connectivity index (χ3v) is 5.87. The largest absolute Gasteiger partial charge is 4.00 e. The Balaban J connectivity index is 0.000000243. The minimum Gasteiger partial charge on any atom is -0.207 e. The average molecular weight is 497 g/mol. The van der Waals surface area contributed by atoms with Gasteiger partial charge in [-0.25, -0.2) is 6.07 Å². The molecule has 0 aliphatic heterocycles. The first kappa shape index (κ1) is 30.4. The second-order valence-electron chi connectivity index (χ2n) is 8.52. The van der Waals surface area contributed by atoms with E-state index in [2.05, 4.69) is 40.7 Å². The van der Waals surface area contributed by atoms with Gasteiger partial charge in [-0.05, 0) is 0 Å². The molecule has 0 nitrogen and oxygen atoms in total. The van der Waals surface area contributed by atoms with Gasteiger partial charge in [0.1, 0.15) is 0 Å². The van der Waals surface area contributed by atoms with Gasteiger partial charge in [-0.3, -0.25) is 0 Å². The number of hydrogen-bond acceptors (Lipinski definition) is 0. The van der Waals surface area contributed by atoms with Crippen LogP contribution in [0.15, 0.2) is 97.1 Å². The molecule has 0 N–H and O–H groups in total. The van der Waals surface area contributed by atoms with Gasteiger partial charge in [0.25, 0.3) is 0 Å². The van der Waals surface area contributed by atoms with Gasteiger partial charge >= 0.3 is 21.7 Å². The summed E-state index contributed by atoms with van der Waals surface area (Å²) in [6.07, 6.45) is 7.95. The molecular weight excluding hydrogens is 456 g/mol. The van der Waals surface area contributed by atoms with E-state index >= 15 is 0 Å². The molecule has 4 aromatic carbocycles. The average Bonchev–Trinajstić information content (AvgIpc) is 3.24. The van der Waals surface area contributed by atoms with Crippen molar-refractivity contribution in [1.82, 2.24) is 0 Å². The van der Waals surface area contributed by atoms with Gasteiger partial charge in [-0.2, -0.15) is 96.1 Å². The van der Waals surface area contributed by atoms with Crippen LogP contribution in [-0.4, -0.2) is 0 Å². The summed E-state index contributed by atoms with van der Waals surface area (Å²) in [6.45, 7) is 15.7. The Morgan fingerprint density at radius 3 is 1.34 bits per heavy atom. The van der Waals surface area contributed by atoms with Crippen molar-refractivity contribution >= 4 is 0 Å². The predicted molar refractivity (Wildman–Crippen MR) is 150 cm³/mol. The Morgan fingerprint density at radius 2 is 1.03 bits per heavy atom. The Kier molecular flexibility index (Phi) is 15.4. The smallest absolute Gasteiger partial charge is 0.207 e. The van der Waals surface area contributed by atoms with Crippen molar-refractivity contribution in [3.63, 3.8) is 0 Å². The fourth-order valence-electron chi connectivity index (χ4n) is 4.11. The molecule has 1 aliphatic carbocycles. The maximum absolute atomic E-state index is 3.72. The van der Waals surface area contributed by atoms with Crippen LogP contribution in [0.3, 0.4) is 0 Å². The van der Waals surface area contributed by atoms with Gasteiger partial charge in [0.15, 0.2) is 0 Å². The SMILES string of the molecule is CCc1cc2c([c-]1CC)CCCC2.[CH2-]c1ccccc1.[CH2-]c1ccccc1.[CH2-]c1ccccc1.[Ti+4]. The Morgan fingerprint density at radius 1 is 0.629 bits per heavy atom. The van der Waals surface area contributed by atoms with Crippen molar-refractivity contribution in [2.45, 2.75) is 52.4 Å². The van der Waals surface area contributed by atoms with Crippen LogP contribution in [0, 0.1) is 20.8 Å². The van der Waals surface area contributed by atoms with Crippen molar-refractivity contribution in [2.75, 3.05) is 0 Å². The molecule has 35 heavy (non-hydrogen) atoms. The van der Waals surface area contributed by atoms with Gasteiger partial charge < -0.3 is 0 Å². The van der Waals surface area contributed by atoms with E-state index in [1.165, 1.54) is 38.5 Å². The number of benzene rings is 3. The number of fused-ring (bicyclic) bond motifs is 1. The summed E-state index contributed by atoms with van der Waals surface area (Å²) < 4.78 is 0. The van der Waals surface area contributed by atoms with Gasteiger partial charge in [-0.15, -0.1) is 36.4 Å². The molecule has 0 unspecified atom stereocenters. The third kappa shape index (κ3) is 11.5. The van der Waals surface area contributed by atoms with E-state index in [-0.39, 0.29) is 21.7 Å². The van der Waals surface area contributed by atoms with Crippen molar-refractivity contribution in [3.05, 3.63) is 157 Å². The number of rotatable bonds is 2. The molecule has 1 heteroatoms. The van der Waals surface area contributed by atoms with Gasteiger partial charge in [0.05, 0.1) is 0 Å². The minimum absolute atomic E-state index is 0. The van der Waals surface area contributed by atoms with Crippen molar-refractivity contribution in [1.29, 1.82) is 0 Å². The molecule has 0 heterocycles. The summed E-state index contributed by atoms with van der Waals surface area (Å²) in [6, 6.07) is 32.1. The van der Waals surface area contributed by atoms with E-state index in [4.69, 9.17) is 0 Å². The van der Waals surface area contributed by atoms with Crippen LogP contribution >= 0.6 is 0 Å². The van der Waals surface area contributed by atoms with E-state index in [1.54, 1.807) is 22.3 Å². The summed E-state index contributed by atoms with van der Waals surface area (Å²) in [5.41, 5.74) is 9.89. The molecule has 5 rings (SSSR count). The summed E-state index contributed by atoms with van der Waals surface area (Å²) in [7, 11) is 0. The Hall–Kier alpha value is -2.67. The van der Waals surface area contributed by atoms with Crippen LogP contribution in [0.2, 0.25) is 0 Å².